The number of pyridine rings is 1. The van der Waals surface area contributed by atoms with Crippen molar-refractivity contribution in [1.82, 2.24) is 4.98 Å². The van der Waals surface area contributed by atoms with Crippen LogP contribution in [0.2, 0.25) is 5.02 Å². The Hall–Kier alpha value is -2.75. The maximum Gasteiger partial charge on any atom is 0.586 e. The number of aromatic nitrogens is 1. The molecule has 2 aromatic rings. The summed E-state index contributed by atoms with van der Waals surface area (Å²) in [5, 5.41) is 8.35. The van der Waals surface area contributed by atoms with Gasteiger partial charge in [0.1, 0.15) is 5.69 Å². The van der Waals surface area contributed by atoms with Gasteiger partial charge in [0.05, 0.1) is 10.7 Å². The van der Waals surface area contributed by atoms with Crippen LogP contribution in [0.5, 0.6) is 11.5 Å². The first-order valence-corrected chi connectivity index (χ1v) is 6.46. The van der Waals surface area contributed by atoms with Gasteiger partial charge >= 0.3 is 12.3 Å². The number of anilines is 1. The number of fused-ring (bicyclic) bond motifs is 1. The lowest BCUT2D eigenvalue weighted by atomic mass is 10.1. The number of carboxylic acids is 1. The second kappa shape index (κ2) is 5.13. The molecule has 3 rings (SSSR count). The number of rotatable bonds is 2. The molecule has 0 aliphatic carbocycles. The summed E-state index contributed by atoms with van der Waals surface area (Å²) in [4.78, 5) is 14.5. The van der Waals surface area contributed by atoms with E-state index in [0.717, 1.165) is 6.07 Å². The highest BCUT2D eigenvalue weighted by molar-refractivity contribution is 6.35. The summed E-state index contributed by atoms with van der Waals surface area (Å²) >= 11 is 5.59. The number of aromatic carboxylic acids is 1. The maximum absolute atomic E-state index is 14.2. The van der Waals surface area contributed by atoms with E-state index in [9.17, 15) is 22.4 Å². The normalized spacial score (nSPS) is 14.7. The summed E-state index contributed by atoms with van der Waals surface area (Å²) in [6.07, 6.45) is -4.08. The zero-order valence-electron chi connectivity index (χ0n) is 11.2. The first-order valence-electron chi connectivity index (χ1n) is 6.08. The van der Waals surface area contributed by atoms with Crippen LogP contribution in [0.4, 0.5) is 23.2 Å². The highest BCUT2D eigenvalue weighted by Crippen LogP contribution is 2.45. The van der Waals surface area contributed by atoms with Gasteiger partial charge in [-0.3, -0.25) is 0 Å². The van der Waals surface area contributed by atoms with E-state index in [-0.39, 0.29) is 0 Å². The molecule has 0 bridgehead atoms. The molecule has 0 radical (unpaired) electrons. The average Bonchev–Trinajstić information content (AvgIpc) is 2.79. The number of nitrogens with zero attached hydrogens (tertiary/aromatic N) is 1. The highest BCUT2D eigenvalue weighted by Gasteiger charge is 2.45. The fourth-order valence-electron chi connectivity index (χ4n) is 2.04. The van der Waals surface area contributed by atoms with Gasteiger partial charge < -0.3 is 20.3 Å². The molecule has 11 heteroatoms. The van der Waals surface area contributed by atoms with Gasteiger partial charge in [0.25, 0.3) is 0 Å². The second-order valence-electron chi connectivity index (χ2n) is 4.61. The van der Waals surface area contributed by atoms with Crippen molar-refractivity contribution in [3.8, 4) is 22.8 Å². The molecule has 3 N–H and O–H groups in total. The van der Waals surface area contributed by atoms with Gasteiger partial charge in [-0.1, -0.05) is 11.6 Å². The molecule has 0 saturated heterocycles. The van der Waals surface area contributed by atoms with Gasteiger partial charge in [-0.05, 0) is 12.1 Å². The molecule has 0 fully saturated rings. The van der Waals surface area contributed by atoms with Crippen LogP contribution >= 0.6 is 11.6 Å². The summed E-state index contributed by atoms with van der Waals surface area (Å²) in [5.74, 6) is -5.71. The number of carbonyl (C=O) groups is 1. The first-order chi connectivity index (χ1) is 11.1. The molecule has 1 aliphatic rings. The Morgan fingerprint density at radius 1 is 1.29 bits per heavy atom. The summed E-state index contributed by atoms with van der Waals surface area (Å²) in [7, 11) is 0. The van der Waals surface area contributed by atoms with Crippen LogP contribution in [0.3, 0.4) is 0 Å². The van der Waals surface area contributed by atoms with Gasteiger partial charge in [-0.25, -0.2) is 18.6 Å². The van der Waals surface area contributed by atoms with Crippen molar-refractivity contribution in [2.45, 2.75) is 6.29 Å². The second-order valence-corrected chi connectivity index (χ2v) is 4.99. The zero-order chi connectivity index (χ0) is 17.8. The van der Waals surface area contributed by atoms with Crippen LogP contribution in [0.1, 0.15) is 10.5 Å². The number of ether oxygens (including phenoxy) is 2. The number of nitrogens with two attached hydrogens (primary N) is 1. The van der Waals surface area contributed by atoms with Crippen molar-refractivity contribution in [3.63, 3.8) is 0 Å². The van der Waals surface area contributed by atoms with Crippen LogP contribution in [0.25, 0.3) is 11.3 Å². The van der Waals surface area contributed by atoms with Crippen molar-refractivity contribution in [3.05, 3.63) is 34.5 Å². The van der Waals surface area contributed by atoms with Crippen LogP contribution in [0, 0.1) is 11.6 Å². The Kier molecular flexibility index (Phi) is 3.44. The number of alkyl halides is 2. The predicted molar refractivity (Wildman–Crippen MR) is 72.2 cm³/mol. The van der Waals surface area contributed by atoms with E-state index in [1.165, 1.54) is 0 Å². The number of carboxylic acid groups (broad SMARTS) is 1. The fraction of sp³-hybridized carbons (Fsp3) is 0.0769. The minimum atomic E-state index is -4.08. The predicted octanol–water partition coefficient (Wildman–Crippen LogP) is 3.28. The van der Waals surface area contributed by atoms with Gasteiger partial charge in [0, 0.05) is 5.56 Å². The molecule has 24 heavy (non-hydrogen) atoms. The van der Waals surface area contributed by atoms with E-state index in [1.54, 1.807) is 0 Å². The molecule has 2 heterocycles. The highest BCUT2D eigenvalue weighted by atomic mass is 35.5. The van der Waals surface area contributed by atoms with Crippen molar-refractivity contribution in [1.29, 1.82) is 0 Å². The summed E-state index contributed by atoms with van der Waals surface area (Å²) < 4.78 is 62.2. The Labute approximate surface area is 135 Å². The van der Waals surface area contributed by atoms with Gasteiger partial charge in [0.2, 0.25) is 5.75 Å². The van der Waals surface area contributed by atoms with Crippen LogP contribution in [0.15, 0.2) is 12.1 Å². The summed E-state index contributed by atoms with van der Waals surface area (Å²) in [6.45, 7) is 0. The van der Waals surface area contributed by atoms with E-state index >= 15 is 0 Å². The standard InChI is InChI=1S/C13H5ClF4N2O4/c14-6-8(19)7(16)9(20-10(6)12(21)22)3-1-4(15)11-5(2-3)23-13(17,18)24-11/h1-2H,(H2,19,20)(H,21,22). The van der Waals surface area contributed by atoms with E-state index in [2.05, 4.69) is 14.5 Å². The minimum Gasteiger partial charge on any atom is -0.476 e. The largest absolute Gasteiger partial charge is 0.586 e. The van der Waals surface area contributed by atoms with E-state index < -0.39 is 63.1 Å². The molecule has 0 unspecified atom stereocenters. The quantitative estimate of drug-likeness (QED) is 0.794. The fourth-order valence-corrected chi connectivity index (χ4v) is 2.25. The Morgan fingerprint density at radius 2 is 1.96 bits per heavy atom. The molecular weight excluding hydrogens is 360 g/mol. The molecule has 1 aromatic heterocycles. The monoisotopic (exact) mass is 364 g/mol. The van der Waals surface area contributed by atoms with Crippen molar-refractivity contribution in [2.24, 2.45) is 0 Å². The molecule has 1 aliphatic heterocycles. The third-order valence-corrected chi connectivity index (χ3v) is 3.43. The number of benzene rings is 1. The van der Waals surface area contributed by atoms with Crippen LogP contribution < -0.4 is 15.2 Å². The molecule has 0 spiro atoms. The topological polar surface area (TPSA) is 94.7 Å². The Balaban J connectivity index is 2.22. The van der Waals surface area contributed by atoms with Crippen molar-refractivity contribution >= 4 is 23.3 Å². The van der Waals surface area contributed by atoms with Crippen molar-refractivity contribution < 1.29 is 36.9 Å². The first kappa shape index (κ1) is 16.1. The summed E-state index contributed by atoms with van der Waals surface area (Å²) in [5.41, 5.74) is 2.76. The Bertz CT molecular complexity index is 891. The number of nitrogen functional groups attached to an aromatic ring is 1. The van der Waals surface area contributed by atoms with E-state index in [0.29, 0.717) is 6.07 Å². The lowest BCUT2D eigenvalue weighted by Crippen LogP contribution is -2.26. The minimum absolute atomic E-state index is 0.393. The molecule has 6 nitrogen and oxygen atoms in total. The molecule has 1 aromatic carbocycles. The smallest absolute Gasteiger partial charge is 0.476 e. The van der Waals surface area contributed by atoms with Gasteiger partial charge in [0.15, 0.2) is 23.1 Å². The van der Waals surface area contributed by atoms with Gasteiger partial charge in [-0.15, -0.1) is 8.78 Å². The average molecular weight is 365 g/mol. The van der Waals surface area contributed by atoms with Crippen LogP contribution in [-0.4, -0.2) is 22.4 Å². The van der Waals surface area contributed by atoms with Gasteiger partial charge in [-0.2, -0.15) is 0 Å². The summed E-state index contributed by atoms with van der Waals surface area (Å²) in [6, 6.07) is 1.43. The third kappa shape index (κ3) is 2.44. The SMILES string of the molecule is Nc1c(F)c(-c2cc(F)c3c(c2)OC(F)(F)O3)nc(C(=O)O)c1Cl. The molecule has 0 atom stereocenters. The Morgan fingerprint density at radius 3 is 2.58 bits per heavy atom. The number of hydrogen-bond donors (Lipinski definition) is 2. The number of halogens is 5. The maximum atomic E-state index is 14.2. The van der Waals surface area contributed by atoms with Crippen molar-refractivity contribution in [2.75, 3.05) is 5.73 Å². The number of hydrogen-bond acceptors (Lipinski definition) is 5. The third-order valence-electron chi connectivity index (χ3n) is 3.05. The zero-order valence-corrected chi connectivity index (χ0v) is 12.0. The van der Waals surface area contributed by atoms with E-state index in [1.807, 2.05) is 0 Å². The molecular formula is C13H5ClF4N2O4. The molecule has 126 valence electrons. The van der Waals surface area contributed by atoms with Crippen LogP contribution in [-0.2, 0) is 0 Å². The van der Waals surface area contributed by atoms with E-state index in [4.69, 9.17) is 22.4 Å². The molecule has 0 amide bonds. The lowest BCUT2D eigenvalue weighted by Gasteiger charge is -2.10. The molecule has 0 saturated carbocycles. The lowest BCUT2D eigenvalue weighted by molar-refractivity contribution is -0.287.